The van der Waals surface area contributed by atoms with E-state index in [0.29, 0.717) is 10.0 Å². The maximum absolute atomic E-state index is 12.4. The molecule has 1 aliphatic heterocycles. The van der Waals surface area contributed by atoms with Crippen LogP contribution in [0.15, 0.2) is 18.2 Å². The summed E-state index contributed by atoms with van der Waals surface area (Å²) in [5, 5.41) is 4.43. The van der Waals surface area contributed by atoms with Crippen LogP contribution in [0.2, 0.25) is 10.0 Å². The van der Waals surface area contributed by atoms with Crippen LogP contribution in [0.1, 0.15) is 17.9 Å². The van der Waals surface area contributed by atoms with Gasteiger partial charge in [0, 0.05) is 32.1 Å². The van der Waals surface area contributed by atoms with Crippen LogP contribution in [-0.4, -0.2) is 37.0 Å². The van der Waals surface area contributed by atoms with Crippen LogP contribution in [0, 0.1) is 5.92 Å². The van der Waals surface area contributed by atoms with Crippen LogP contribution >= 0.6 is 23.2 Å². The fraction of sp³-hybridized carbons (Fsp3) is 0.500. The van der Waals surface area contributed by atoms with Gasteiger partial charge >= 0.3 is 0 Å². The number of carbonyl (C=O) groups excluding carboxylic acids is 1. The summed E-state index contributed by atoms with van der Waals surface area (Å²) < 4.78 is 0. The zero-order chi connectivity index (χ0) is 13.4. The molecule has 3 rings (SSSR count). The molecule has 1 aromatic rings. The number of benzene rings is 1. The van der Waals surface area contributed by atoms with Crippen LogP contribution in [0.5, 0.6) is 0 Å². The highest BCUT2D eigenvalue weighted by Crippen LogP contribution is 2.51. The summed E-state index contributed by atoms with van der Waals surface area (Å²) in [5.74, 6) is 0.602. The Morgan fingerprint density at radius 1 is 1.26 bits per heavy atom. The number of piperazine rings is 1. The molecule has 102 valence electrons. The summed E-state index contributed by atoms with van der Waals surface area (Å²) in [6, 6.07) is 5.65. The minimum atomic E-state index is 0.0917. The molecule has 0 unspecified atom stereocenters. The lowest BCUT2D eigenvalue weighted by atomic mass is 10.1. The van der Waals surface area contributed by atoms with E-state index in [9.17, 15) is 4.79 Å². The highest BCUT2D eigenvalue weighted by molar-refractivity contribution is 6.42. The van der Waals surface area contributed by atoms with Crippen LogP contribution in [0.25, 0.3) is 0 Å². The molecular formula is C14H16Cl2N2O. The van der Waals surface area contributed by atoms with Gasteiger partial charge in [0.25, 0.3) is 0 Å². The Hall–Kier alpha value is -0.770. The highest BCUT2D eigenvalue weighted by atomic mass is 35.5. The average Bonchev–Trinajstić information content (AvgIpc) is 3.22. The van der Waals surface area contributed by atoms with Crippen LogP contribution in [0.3, 0.4) is 0 Å². The maximum Gasteiger partial charge on any atom is 0.226 e. The van der Waals surface area contributed by atoms with Crippen molar-refractivity contribution in [2.45, 2.75) is 12.3 Å². The Morgan fingerprint density at radius 3 is 2.74 bits per heavy atom. The summed E-state index contributed by atoms with van der Waals surface area (Å²) in [5.41, 5.74) is 1.02. The van der Waals surface area contributed by atoms with Gasteiger partial charge in [-0.3, -0.25) is 4.79 Å². The molecule has 5 heteroatoms. The number of carbonyl (C=O) groups is 1. The van der Waals surface area contributed by atoms with Crippen LogP contribution in [-0.2, 0) is 4.79 Å². The van der Waals surface area contributed by atoms with E-state index in [0.717, 1.165) is 38.2 Å². The monoisotopic (exact) mass is 298 g/mol. The van der Waals surface area contributed by atoms with Gasteiger partial charge in [-0.25, -0.2) is 0 Å². The first-order valence-corrected chi connectivity index (χ1v) is 7.37. The lowest BCUT2D eigenvalue weighted by molar-refractivity contribution is -0.133. The summed E-state index contributed by atoms with van der Waals surface area (Å²) in [7, 11) is 0. The summed E-state index contributed by atoms with van der Waals surface area (Å²) in [6.45, 7) is 3.40. The van der Waals surface area contributed by atoms with Crippen molar-refractivity contribution in [3.63, 3.8) is 0 Å². The van der Waals surface area contributed by atoms with Crippen molar-refractivity contribution >= 4 is 29.1 Å². The quantitative estimate of drug-likeness (QED) is 0.910. The van der Waals surface area contributed by atoms with Gasteiger partial charge in [0.15, 0.2) is 0 Å². The third-order valence-corrected chi connectivity index (χ3v) is 4.75. The number of nitrogens with zero attached hydrogens (tertiary/aromatic N) is 1. The van der Waals surface area contributed by atoms with Crippen molar-refractivity contribution in [1.82, 2.24) is 10.2 Å². The molecule has 1 saturated heterocycles. The largest absolute Gasteiger partial charge is 0.340 e. The van der Waals surface area contributed by atoms with Gasteiger partial charge in [-0.05, 0) is 24.0 Å². The number of amides is 1. The van der Waals surface area contributed by atoms with Crippen molar-refractivity contribution in [3.8, 4) is 0 Å². The average molecular weight is 299 g/mol. The van der Waals surface area contributed by atoms with Gasteiger partial charge in [-0.1, -0.05) is 35.3 Å². The Bertz CT molecular complexity index is 500. The summed E-state index contributed by atoms with van der Waals surface area (Å²) in [6.07, 6.45) is 0.892. The fourth-order valence-corrected chi connectivity index (χ4v) is 3.19. The predicted octanol–water partition coefficient (Wildman–Crippen LogP) is 2.53. The number of hydrogen-bond acceptors (Lipinski definition) is 2. The molecule has 1 N–H and O–H groups in total. The predicted molar refractivity (Wildman–Crippen MR) is 76.8 cm³/mol. The molecule has 0 aromatic heterocycles. The number of hydrogen-bond donors (Lipinski definition) is 1. The zero-order valence-corrected chi connectivity index (χ0v) is 12.0. The SMILES string of the molecule is O=C([C@@H]1C[C@@H]1c1cccc(Cl)c1Cl)N1CCNCC1. The Kier molecular flexibility index (Phi) is 3.70. The molecule has 3 nitrogen and oxygen atoms in total. The second kappa shape index (κ2) is 5.31. The molecule has 2 fully saturated rings. The minimum Gasteiger partial charge on any atom is -0.340 e. The van der Waals surface area contributed by atoms with Crippen LogP contribution < -0.4 is 5.32 Å². The molecule has 1 saturated carbocycles. The Balaban J connectivity index is 1.70. The van der Waals surface area contributed by atoms with Crippen molar-refractivity contribution in [2.24, 2.45) is 5.92 Å². The molecule has 1 aliphatic carbocycles. The first-order chi connectivity index (χ1) is 9.18. The van der Waals surface area contributed by atoms with E-state index in [4.69, 9.17) is 23.2 Å². The molecule has 1 heterocycles. The molecule has 2 atom stereocenters. The van der Waals surface area contributed by atoms with Gasteiger partial charge in [-0.15, -0.1) is 0 Å². The van der Waals surface area contributed by atoms with Gasteiger partial charge < -0.3 is 10.2 Å². The van der Waals surface area contributed by atoms with E-state index in [2.05, 4.69) is 5.32 Å². The van der Waals surface area contributed by atoms with Crippen molar-refractivity contribution in [2.75, 3.05) is 26.2 Å². The van der Waals surface area contributed by atoms with Gasteiger partial charge in [0.2, 0.25) is 5.91 Å². The Labute approximate surface area is 122 Å². The molecule has 1 aromatic carbocycles. The lowest BCUT2D eigenvalue weighted by Crippen LogP contribution is -2.47. The molecule has 0 spiro atoms. The molecule has 0 radical (unpaired) electrons. The third kappa shape index (κ3) is 2.60. The molecule has 19 heavy (non-hydrogen) atoms. The normalized spacial score (nSPS) is 26.3. The van der Waals surface area contributed by atoms with Gasteiger partial charge in [-0.2, -0.15) is 0 Å². The summed E-state index contributed by atoms with van der Waals surface area (Å²) in [4.78, 5) is 14.3. The van der Waals surface area contributed by atoms with Crippen molar-refractivity contribution in [1.29, 1.82) is 0 Å². The molecular weight excluding hydrogens is 283 g/mol. The maximum atomic E-state index is 12.4. The smallest absolute Gasteiger partial charge is 0.226 e. The number of nitrogens with one attached hydrogen (secondary N) is 1. The zero-order valence-electron chi connectivity index (χ0n) is 10.5. The summed E-state index contributed by atoms with van der Waals surface area (Å²) >= 11 is 12.2. The van der Waals surface area contributed by atoms with Crippen molar-refractivity contribution in [3.05, 3.63) is 33.8 Å². The van der Waals surface area contributed by atoms with Gasteiger partial charge in [0.1, 0.15) is 0 Å². The Morgan fingerprint density at radius 2 is 2.00 bits per heavy atom. The first kappa shape index (κ1) is 13.2. The molecule has 2 aliphatic rings. The van der Waals surface area contributed by atoms with E-state index >= 15 is 0 Å². The first-order valence-electron chi connectivity index (χ1n) is 6.62. The van der Waals surface area contributed by atoms with E-state index in [1.165, 1.54) is 0 Å². The highest BCUT2D eigenvalue weighted by Gasteiger charge is 2.46. The van der Waals surface area contributed by atoms with Crippen LogP contribution in [0.4, 0.5) is 0 Å². The third-order valence-electron chi connectivity index (χ3n) is 3.92. The van der Waals surface area contributed by atoms with E-state index in [1.54, 1.807) is 6.07 Å². The van der Waals surface area contributed by atoms with E-state index in [-0.39, 0.29) is 17.7 Å². The number of halogens is 2. The lowest BCUT2D eigenvalue weighted by Gasteiger charge is -2.27. The second-order valence-electron chi connectivity index (χ2n) is 5.17. The van der Waals surface area contributed by atoms with E-state index in [1.807, 2.05) is 17.0 Å². The number of rotatable bonds is 2. The fourth-order valence-electron chi connectivity index (χ4n) is 2.74. The topological polar surface area (TPSA) is 32.3 Å². The van der Waals surface area contributed by atoms with E-state index < -0.39 is 0 Å². The molecule has 0 bridgehead atoms. The van der Waals surface area contributed by atoms with Crippen molar-refractivity contribution < 1.29 is 4.79 Å². The standard InChI is InChI=1S/C14H16Cl2N2O/c15-12-3-1-2-9(13(12)16)10-8-11(10)14(19)18-6-4-17-5-7-18/h1-3,10-11,17H,4-8H2/t10-,11-/m1/s1. The minimum absolute atomic E-state index is 0.0917. The molecule has 1 amide bonds. The van der Waals surface area contributed by atoms with Gasteiger partial charge in [0.05, 0.1) is 10.0 Å². The second-order valence-corrected chi connectivity index (χ2v) is 5.95.